The van der Waals surface area contributed by atoms with Gasteiger partial charge in [0.1, 0.15) is 17.3 Å². The van der Waals surface area contributed by atoms with Crippen molar-refractivity contribution in [3.8, 4) is 0 Å². The lowest BCUT2D eigenvalue weighted by molar-refractivity contribution is 0.273. The van der Waals surface area contributed by atoms with E-state index in [1.54, 1.807) is 0 Å². The minimum atomic E-state index is -0.489. The Bertz CT molecular complexity index is 469. The summed E-state index contributed by atoms with van der Waals surface area (Å²) in [6.45, 7) is 3.74. The summed E-state index contributed by atoms with van der Waals surface area (Å²) in [4.78, 5) is 4.32. The smallest absolute Gasteiger partial charge is 0.149 e. The Hall–Kier alpha value is -1.20. The summed E-state index contributed by atoms with van der Waals surface area (Å²) in [7, 11) is 0. The maximum Gasteiger partial charge on any atom is 0.149 e. The van der Waals surface area contributed by atoms with Crippen LogP contribution < -0.4 is 10.6 Å². The van der Waals surface area contributed by atoms with Crippen molar-refractivity contribution in [2.45, 2.75) is 31.8 Å². The largest absolute Gasteiger partial charge is 0.365 e. The SMILES string of the molecule is NCc1cc(F)c(N2CCCN3CCCC3C2)c(F)c1. The first kappa shape index (κ1) is 13.8. The molecule has 2 fully saturated rings. The van der Waals surface area contributed by atoms with Gasteiger partial charge in [0.05, 0.1) is 0 Å². The summed E-state index contributed by atoms with van der Waals surface area (Å²) in [6.07, 6.45) is 3.27. The number of nitrogens with zero attached hydrogens (tertiary/aromatic N) is 2. The van der Waals surface area contributed by atoms with Crippen LogP contribution in [-0.4, -0.2) is 37.1 Å². The molecule has 5 heteroatoms. The van der Waals surface area contributed by atoms with Gasteiger partial charge in [0.15, 0.2) is 0 Å². The van der Waals surface area contributed by atoms with Crippen molar-refractivity contribution in [1.29, 1.82) is 0 Å². The highest BCUT2D eigenvalue weighted by atomic mass is 19.1. The molecule has 0 saturated carbocycles. The normalized spacial score (nSPS) is 23.8. The number of hydrogen-bond donors (Lipinski definition) is 1. The standard InChI is InChI=1S/C15H21F2N3/c16-13-7-11(9-18)8-14(17)15(13)20-6-2-5-19-4-1-3-12(19)10-20/h7-8,12H,1-6,9-10,18H2. The fraction of sp³-hybridized carbons (Fsp3) is 0.600. The highest BCUT2D eigenvalue weighted by Crippen LogP contribution is 2.29. The second-order valence-electron chi connectivity index (χ2n) is 5.74. The Morgan fingerprint density at radius 3 is 2.50 bits per heavy atom. The van der Waals surface area contributed by atoms with Crippen LogP contribution in [0.15, 0.2) is 12.1 Å². The van der Waals surface area contributed by atoms with E-state index in [9.17, 15) is 8.78 Å². The van der Waals surface area contributed by atoms with Gasteiger partial charge < -0.3 is 10.6 Å². The molecule has 1 unspecified atom stereocenters. The van der Waals surface area contributed by atoms with Crippen LogP contribution in [0.25, 0.3) is 0 Å². The van der Waals surface area contributed by atoms with Crippen molar-refractivity contribution < 1.29 is 8.78 Å². The average Bonchev–Trinajstić information content (AvgIpc) is 2.76. The molecule has 1 aromatic carbocycles. The summed E-state index contributed by atoms with van der Waals surface area (Å²) in [5, 5.41) is 0. The fourth-order valence-electron chi connectivity index (χ4n) is 3.45. The molecule has 20 heavy (non-hydrogen) atoms. The van der Waals surface area contributed by atoms with Crippen molar-refractivity contribution in [3.05, 3.63) is 29.3 Å². The number of hydrogen-bond acceptors (Lipinski definition) is 3. The molecule has 110 valence electrons. The van der Waals surface area contributed by atoms with E-state index in [4.69, 9.17) is 5.73 Å². The summed E-state index contributed by atoms with van der Waals surface area (Å²) in [5.74, 6) is -0.978. The third-order valence-electron chi connectivity index (χ3n) is 4.43. The zero-order chi connectivity index (χ0) is 14.1. The van der Waals surface area contributed by atoms with Crippen molar-refractivity contribution in [2.24, 2.45) is 5.73 Å². The first-order valence-corrected chi connectivity index (χ1v) is 7.36. The van der Waals surface area contributed by atoms with Crippen LogP contribution in [0.3, 0.4) is 0 Å². The van der Waals surface area contributed by atoms with E-state index in [2.05, 4.69) is 4.90 Å². The van der Waals surface area contributed by atoms with Crippen LogP contribution in [0.2, 0.25) is 0 Å². The second-order valence-corrected chi connectivity index (χ2v) is 5.74. The molecule has 0 aromatic heterocycles. The average molecular weight is 281 g/mol. The molecule has 2 aliphatic rings. The number of nitrogens with two attached hydrogens (primary N) is 1. The summed E-state index contributed by atoms with van der Waals surface area (Å²) in [5.41, 5.74) is 6.08. The molecule has 1 aromatic rings. The van der Waals surface area contributed by atoms with E-state index in [-0.39, 0.29) is 12.2 Å². The van der Waals surface area contributed by atoms with E-state index >= 15 is 0 Å². The molecule has 0 bridgehead atoms. The van der Waals surface area contributed by atoms with Gasteiger partial charge in [0.25, 0.3) is 0 Å². The van der Waals surface area contributed by atoms with E-state index in [0.29, 0.717) is 18.2 Å². The van der Waals surface area contributed by atoms with Crippen LogP contribution in [0.5, 0.6) is 0 Å². The monoisotopic (exact) mass is 281 g/mol. The van der Waals surface area contributed by atoms with Gasteiger partial charge in [-0.3, -0.25) is 4.90 Å². The number of benzene rings is 1. The molecule has 2 aliphatic heterocycles. The van der Waals surface area contributed by atoms with Gasteiger partial charge in [-0.05, 0) is 43.5 Å². The van der Waals surface area contributed by atoms with Crippen molar-refractivity contribution in [2.75, 3.05) is 31.1 Å². The van der Waals surface area contributed by atoms with Gasteiger partial charge in [-0.1, -0.05) is 0 Å². The Balaban J connectivity index is 1.88. The lowest BCUT2D eigenvalue weighted by Gasteiger charge is -2.28. The van der Waals surface area contributed by atoms with Gasteiger partial charge >= 0.3 is 0 Å². The first-order chi connectivity index (χ1) is 9.69. The van der Waals surface area contributed by atoms with Gasteiger partial charge in [-0.15, -0.1) is 0 Å². The summed E-state index contributed by atoms with van der Waals surface area (Å²) < 4.78 is 28.4. The predicted octanol–water partition coefficient (Wildman–Crippen LogP) is 2.10. The molecular formula is C15H21F2N3. The van der Waals surface area contributed by atoms with Gasteiger partial charge in [-0.2, -0.15) is 0 Å². The third kappa shape index (κ3) is 2.52. The molecule has 0 amide bonds. The van der Waals surface area contributed by atoms with E-state index in [1.165, 1.54) is 18.6 Å². The molecule has 0 spiro atoms. The Labute approximate surface area is 118 Å². The minimum absolute atomic E-state index is 0.121. The van der Waals surface area contributed by atoms with E-state index < -0.39 is 11.6 Å². The van der Waals surface area contributed by atoms with Gasteiger partial charge in [-0.25, -0.2) is 8.78 Å². The number of fused-ring (bicyclic) bond motifs is 1. The molecule has 0 aliphatic carbocycles. The maximum atomic E-state index is 14.2. The first-order valence-electron chi connectivity index (χ1n) is 7.36. The van der Waals surface area contributed by atoms with Crippen LogP contribution in [0.1, 0.15) is 24.8 Å². The molecule has 1 atom stereocenters. The van der Waals surface area contributed by atoms with Crippen LogP contribution in [0.4, 0.5) is 14.5 Å². The fourth-order valence-corrected chi connectivity index (χ4v) is 3.45. The minimum Gasteiger partial charge on any atom is -0.365 e. The number of rotatable bonds is 2. The van der Waals surface area contributed by atoms with Crippen LogP contribution in [-0.2, 0) is 6.54 Å². The highest BCUT2D eigenvalue weighted by Gasteiger charge is 2.30. The Morgan fingerprint density at radius 2 is 1.80 bits per heavy atom. The molecule has 2 heterocycles. The number of halogens is 2. The van der Waals surface area contributed by atoms with Crippen molar-refractivity contribution >= 4 is 5.69 Å². The molecular weight excluding hydrogens is 260 g/mol. The number of anilines is 1. The quantitative estimate of drug-likeness (QED) is 0.901. The molecule has 2 N–H and O–H groups in total. The molecule has 2 saturated heterocycles. The van der Waals surface area contributed by atoms with E-state index in [0.717, 1.165) is 32.5 Å². The Morgan fingerprint density at radius 1 is 1.10 bits per heavy atom. The predicted molar refractivity (Wildman–Crippen MR) is 75.7 cm³/mol. The molecule has 3 nitrogen and oxygen atoms in total. The van der Waals surface area contributed by atoms with Crippen LogP contribution in [0, 0.1) is 11.6 Å². The van der Waals surface area contributed by atoms with Crippen molar-refractivity contribution in [3.63, 3.8) is 0 Å². The zero-order valence-electron chi connectivity index (χ0n) is 11.6. The summed E-state index contributed by atoms with van der Waals surface area (Å²) in [6, 6.07) is 3.15. The van der Waals surface area contributed by atoms with Gasteiger partial charge in [0.2, 0.25) is 0 Å². The second kappa shape index (κ2) is 5.66. The van der Waals surface area contributed by atoms with Crippen molar-refractivity contribution in [1.82, 2.24) is 4.90 Å². The molecule has 0 radical (unpaired) electrons. The highest BCUT2D eigenvalue weighted by molar-refractivity contribution is 5.51. The van der Waals surface area contributed by atoms with Crippen LogP contribution >= 0.6 is 0 Å². The van der Waals surface area contributed by atoms with Gasteiger partial charge in [0, 0.05) is 32.2 Å². The molecule has 3 rings (SSSR count). The van der Waals surface area contributed by atoms with E-state index in [1.807, 2.05) is 4.90 Å². The topological polar surface area (TPSA) is 32.5 Å². The third-order valence-corrected chi connectivity index (χ3v) is 4.43. The summed E-state index contributed by atoms with van der Waals surface area (Å²) >= 11 is 0. The lowest BCUT2D eigenvalue weighted by Crippen LogP contribution is -2.37. The Kier molecular flexibility index (Phi) is 3.89. The lowest BCUT2D eigenvalue weighted by atomic mass is 10.1. The zero-order valence-corrected chi connectivity index (χ0v) is 11.6. The maximum absolute atomic E-state index is 14.2.